The molecule has 1 atom stereocenters. The Kier molecular flexibility index (Phi) is 4.17. The van der Waals surface area contributed by atoms with Crippen molar-refractivity contribution in [3.05, 3.63) is 16.6 Å². The molecule has 3 fully saturated rings. The quantitative estimate of drug-likeness (QED) is 0.891. The van der Waals surface area contributed by atoms with E-state index in [1.807, 2.05) is 10.3 Å². The summed E-state index contributed by atoms with van der Waals surface area (Å²) >= 11 is 1.59. The summed E-state index contributed by atoms with van der Waals surface area (Å²) in [5, 5.41) is 6.21. The number of thiazole rings is 1. The van der Waals surface area contributed by atoms with Gasteiger partial charge in [0.05, 0.1) is 12.6 Å². The van der Waals surface area contributed by atoms with Gasteiger partial charge in [0.15, 0.2) is 0 Å². The number of piperidine rings is 1. The van der Waals surface area contributed by atoms with Crippen LogP contribution in [0.4, 0.5) is 4.79 Å². The fourth-order valence-corrected chi connectivity index (χ4v) is 4.72. The van der Waals surface area contributed by atoms with E-state index in [4.69, 9.17) is 4.74 Å². The van der Waals surface area contributed by atoms with Crippen LogP contribution in [0, 0.1) is 0 Å². The average Bonchev–Trinajstić information content (AvgIpc) is 3.29. The van der Waals surface area contributed by atoms with Gasteiger partial charge in [0.2, 0.25) is 5.91 Å². The van der Waals surface area contributed by atoms with Crippen LogP contribution in [0.2, 0.25) is 0 Å². The fraction of sp³-hybridized carbons (Fsp3) is 0.688. The number of nitrogens with zero attached hydrogens (tertiary/aromatic N) is 3. The first-order chi connectivity index (χ1) is 11.7. The maximum atomic E-state index is 12.8. The Morgan fingerprint density at radius 1 is 1.46 bits per heavy atom. The summed E-state index contributed by atoms with van der Waals surface area (Å²) in [6.07, 6.45) is 4.98. The number of nitrogens with one attached hydrogen (secondary N) is 1. The standard InChI is InChI=1S/C16H22N4O3S/c21-13(20-8-1-2-12(20)14-18-7-9-24-14)10-19-11-16(23-15(19)22)3-5-17-6-4-16/h7,9,12,17H,1-6,8,10-11H2. The first-order valence-corrected chi connectivity index (χ1v) is 9.42. The van der Waals surface area contributed by atoms with E-state index >= 15 is 0 Å². The molecule has 3 aliphatic rings. The van der Waals surface area contributed by atoms with Crippen molar-refractivity contribution in [2.75, 3.05) is 32.7 Å². The third kappa shape index (κ3) is 2.88. The highest BCUT2D eigenvalue weighted by molar-refractivity contribution is 7.09. The van der Waals surface area contributed by atoms with Crippen LogP contribution in [0.5, 0.6) is 0 Å². The van der Waals surface area contributed by atoms with Crippen molar-refractivity contribution in [2.45, 2.75) is 37.3 Å². The minimum atomic E-state index is -0.400. The zero-order valence-corrected chi connectivity index (χ0v) is 14.4. The van der Waals surface area contributed by atoms with Crippen LogP contribution < -0.4 is 5.32 Å². The molecular formula is C16H22N4O3S. The van der Waals surface area contributed by atoms with Gasteiger partial charge in [-0.1, -0.05) is 0 Å². The van der Waals surface area contributed by atoms with Crippen LogP contribution in [-0.4, -0.2) is 65.1 Å². The van der Waals surface area contributed by atoms with E-state index in [1.165, 1.54) is 0 Å². The zero-order valence-electron chi connectivity index (χ0n) is 13.6. The fourth-order valence-electron chi connectivity index (χ4n) is 3.93. The van der Waals surface area contributed by atoms with Crippen LogP contribution in [0.25, 0.3) is 0 Å². The summed E-state index contributed by atoms with van der Waals surface area (Å²) in [7, 11) is 0. The molecule has 4 heterocycles. The molecule has 8 heteroatoms. The molecule has 0 bridgehead atoms. The van der Waals surface area contributed by atoms with E-state index in [2.05, 4.69) is 10.3 Å². The molecule has 7 nitrogen and oxygen atoms in total. The van der Waals surface area contributed by atoms with Crippen molar-refractivity contribution < 1.29 is 14.3 Å². The molecule has 1 aromatic rings. The largest absolute Gasteiger partial charge is 0.441 e. The summed E-state index contributed by atoms with van der Waals surface area (Å²) in [6.45, 7) is 3.08. The van der Waals surface area contributed by atoms with Crippen LogP contribution in [0.3, 0.4) is 0 Å². The predicted octanol–water partition coefficient (Wildman–Crippen LogP) is 1.38. The van der Waals surface area contributed by atoms with Gasteiger partial charge in [0.1, 0.15) is 17.2 Å². The van der Waals surface area contributed by atoms with Crippen molar-refractivity contribution >= 4 is 23.3 Å². The smallest absolute Gasteiger partial charge is 0.410 e. The Hall–Kier alpha value is -1.67. The molecule has 0 saturated carbocycles. The van der Waals surface area contributed by atoms with Gasteiger partial charge in [-0.25, -0.2) is 9.78 Å². The number of carbonyl (C=O) groups excluding carboxylic acids is 2. The molecule has 1 spiro atoms. The van der Waals surface area contributed by atoms with E-state index in [-0.39, 0.29) is 24.6 Å². The Labute approximate surface area is 145 Å². The lowest BCUT2D eigenvalue weighted by atomic mass is 9.92. The minimum Gasteiger partial charge on any atom is -0.441 e. The normalized spacial score (nSPS) is 26.2. The van der Waals surface area contributed by atoms with E-state index in [0.29, 0.717) is 6.54 Å². The minimum absolute atomic E-state index is 0.00404. The molecule has 0 aliphatic carbocycles. The molecule has 0 radical (unpaired) electrons. The maximum absolute atomic E-state index is 12.8. The number of carbonyl (C=O) groups is 2. The van der Waals surface area contributed by atoms with Gasteiger partial charge in [-0.3, -0.25) is 9.69 Å². The molecular weight excluding hydrogens is 328 g/mol. The number of amides is 2. The SMILES string of the molecule is O=C1OC2(CCNCC2)CN1CC(=O)N1CCCC1c1nccs1. The van der Waals surface area contributed by atoms with E-state index in [9.17, 15) is 9.59 Å². The summed E-state index contributed by atoms with van der Waals surface area (Å²) in [6, 6.07) is 0.0592. The van der Waals surface area contributed by atoms with Gasteiger partial charge < -0.3 is 15.0 Å². The van der Waals surface area contributed by atoms with Gasteiger partial charge in [0, 0.05) is 31.0 Å². The Morgan fingerprint density at radius 3 is 3.04 bits per heavy atom. The summed E-state index contributed by atoms with van der Waals surface area (Å²) in [5.74, 6) is -0.00404. The molecule has 1 unspecified atom stereocenters. The van der Waals surface area contributed by atoms with Gasteiger partial charge in [-0.05, 0) is 25.9 Å². The molecule has 4 rings (SSSR count). The third-order valence-corrected chi connectivity index (χ3v) is 6.07. The summed E-state index contributed by atoms with van der Waals surface area (Å²) < 4.78 is 5.63. The van der Waals surface area contributed by atoms with Gasteiger partial charge in [-0.2, -0.15) is 0 Å². The van der Waals surface area contributed by atoms with Gasteiger partial charge in [-0.15, -0.1) is 11.3 Å². The van der Waals surface area contributed by atoms with Crippen molar-refractivity contribution in [1.82, 2.24) is 20.1 Å². The van der Waals surface area contributed by atoms with Crippen molar-refractivity contribution in [2.24, 2.45) is 0 Å². The molecule has 3 saturated heterocycles. The third-order valence-electron chi connectivity index (χ3n) is 5.19. The lowest BCUT2D eigenvalue weighted by molar-refractivity contribution is -0.132. The van der Waals surface area contributed by atoms with Gasteiger partial charge in [0.25, 0.3) is 0 Å². The molecule has 2 amide bonds. The maximum Gasteiger partial charge on any atom is 0.410 e. The first-order valence-electron chi connectivity index (χ1n) is 8.54. The van der Waals surface area contributed by atoms with E-state index < -0.39 is 5.60 Å². The lowest BCUT2D eigenvalue weighted by Crippen LogP contribution is -2.46. The van der Waals surface area contributed by atoms with Crippen LogP contribution in [0.15, 0.2) is 11.6 Å². The highest BCUT2D eigenvalue weighted by atomic mass is 32.1. The number of ether oxygens (including phenoxy) is 1. The Bertz CT molecular complexity index is 615. The van der Waals surface area contributed by atoms with Crippen molar-refractivity contribution in [3.8, 4) is 0 Å². The molecule has 1 N–H and O–H groups in total. The van der Waals surface area contributed by atoms with E-state index in [1.54, 1.807) is 22.4 Å². The molecule has 0 aromatic carbocycles. The van der Waals surface area contributed by atoms with Crippen LogP contribution in [0.1, 0.15) is 36.7 Å². The second kappa shape index (κ2) is 6.33. The average molecular weight is 350 g/mol. The number of hydrogen-bond donors (Lipinski definition) is 1. The predicted molar refractivity (Wildman–Crippen MR) is 88.7 cm³/mol. The molecule has 3 aliphatic heterocycles. The molecule has 24 heavy (non-hydrogen) atoms. The van der Waals surface area contributed by atoms with Crippen LogP contribution in [-0.2, 0) is 9.53 Å². The Balaban J connectivity index is 1.41. The number of likely N-dealkylation sites (tertiary alicyclic amines) is 1. The highest BCUT2D eigenvalue weighted by Gasteiger charge is 2.46. The van der Waals surface area contributed by atoms with Crippen molar-refractivity contribution in [3.63, 3.8) is 0 Å². The first kappa shape index (κ1) is 15.8. The van der Waals surface area contributed by atoms with Crippen LogP contribution >= 0.6 is 11.3 Å². The van der Waals surface area contributed by atoms with Gasteiger partial charge >= 0.3 is 6.09 Å². The Morgan fingerprint density at radius 2 is 2.29 bits per heavy atom. The van der Waals surface area contributed by atoms with Crippen molar-refractivity contribution in [1.29, 1.82) is 0 Å². The second-order valence-corrected chi connectivity index (χ2v) is 7.70. The summed E-state index contributed by atoms with van der Waals surface area (Å²) in [5.41, 5.74) is -0.400. The summed E-state index contributed by atoms with van der Waals surface area (Å²) in [4.78, 5) is 32.8. The molecule has 1 aromatic heterocycles. The zero-order chi connectivity index (χ0) is 16.6. The molecule has 130 valence electrons. The highest BCUT2D eigenvalue weighted by Crippen LogP contribution is 2.34. The number of aromatic nitrogens is 1. The van der Waals surface area contributed by atoms with E-state index in [0.717, 1.165) is 50.3 Å². The topological polar surface area (TPSA) is 74.8 Å². The second-order valence-electron chi connectivity index (χ2n) is 6.77. The lowest BCUT2D eigenvalue weighted by Gasteiger charge is -2.31. The number of rotatable bonds is 3. The number of hydrogen-bond acceptors (Lipinski definition) is 6. The monoisotopic (exact) mass is 350 g/mol.